The van der Waals surface area contributed by atoms with Gasteiger partial charge < -0.3 is 10.1 Å². The molecular weight excluding hydrogens is 298 g/mol. The van der Waals surface area contributed by atoms with Gasteiger partial charge in [0, 0.05) is 4.88 Å². The lowest BCUT2D eigenvalue weighted by molar-refractivity contribution is -0.148. The number of ether oxygens (including phenoxy) is 1. The predicted molar refractivity (Wildman–Crippen MR) is 84.6 cm³/mol. The number of aryl methyl sites for hydroxylation is 1. The first kappa shape index (κ1) is 14.8. The van der Waals surface area contributed by atoms with Crippen molar-refractivity contribution in [2.45, 2.75) is 25.3 Å². The van der Waals surface area contributed by atoms with Crippen LogP contribution in [0.1, 0.15) is 28.5 Å². The number of carbonyl (C=O) groups is 2. The Morgan fingerprint density at radius 1 is 1.23 bits per heavy atom. The van der Waals surface area contributed by atoms with Crippen LogP contribution in [0.25, 0.3) is 0 Å². The molecule has 1 heterocycles. The lowest BCUT2D eigenvalue weighted by atomic mass is 10.1. The number of nitrogens with one attached hydrogen (secondary N) is 1. The third-order valence-electron chi connectivity index (χ3n) is 3.73. The maximum absolute atomic E-state index is 11.9. The average Bonchev–Trinajstić information content (AvgIpc) is 3.16. The summed E-state index contributed by atoms with van der Waals surface area (Å²) in [5.74, 6) is -0.620. The largest absolute Gasteiger partial charge is 0.455 e. The molecule has 3 rings (SSSR count). The fourth-order valence-electron chi connectivity index (χ4n) is 2.70. The summed E-state index contributed by atoms with van der Waals surface area (Å²) >= 11 is 1.50. The van der Waals surface area contributed by atoms with Crippen molar-refractivity contribution < 1.29 is 14.3 Å². The van der Waals surface area contributed by atoms with E-state index in [2.05, 4.69) is 11.4 Å². The molecule has 1 aromatic heterocycles. The maximum atomic E-state index is 11.9. The van der Waals surface area contributed by atoms with Gasteiger partial charge in [-0.3, -0.25) is 9.59 Å². The van der Waals surface area contributed by atoms with Gasteiger partial charge in [-0.25, -0.2) is 0 Å². The Balaban J connectivity index is 1.46. The number of thiophene rings is 1. The first-order valence-corrected chi connectivity index (χ1v) is 8.15. The van der Waals surface area contributed by atoms with Gasteiger partial charge in [0.25, 0.3) is 5.91 Å². The number of carbonyl (C=O) groups excluding carboxylic acids is 2. The minimum atomic E-state index is -0.371. The van der Waals surface area contributed by atoms with Crippen LogP contribution in [0.3, 0.4) is 0 Å². The molecule has 4 nitrogen and oxygen atoms in total. The van der Waals surface area contributed by atoms with E-state index in [1.54, 1.807) is 0 Å². The zero-order valence-corrected chi connectivity index (χ0v) is 12.9. The number of esters is 1. The van der Waals surface area contributed by atoms with Crippen LogP contribution in [0.5, 0.6) is 0 Å². The molecule has 0 aliphatic heterocycles. The second kappa shape index (κ2) is 6.75. The van der Waals surface area contributed by atoms with Crippen molar-refractivity contribution in [3.8, 4) is 0 Å². The summed E-state index contributed by atoms with van der Waals surface area (Å²) in [5.41, 5.74) is 2.45. The van der Waals surface area contributed by atoms with Crippen molar-refractivity contribution >= 4 is 23.2 Å². The van der Waals surface area contributed by atoms with Gasteiger partial charge in [-0.1, -0.05) is 30.3 Å². The highest BCUT2D eigenvalue weighted by Gasteiger charge is 2.23. The van der Waals surface area contributed by atoms with Crippen LogP contribution in [-0.2, 0) is 27.2 Å². The van der Waals surface area contributed by atoms with E-state index in [1.165, 1.54) is 22.5 Å². The Kier molecular flexibility index (Phi) is 4.53. The van der Waals surface area contributed by atoms with Crippen LogP contribution in [0.4, 0.5) is 0 Å². The van der Waals surface area contributed by atoms with Gasteiger partial charge in [0.15, 0.2) is 6.61 Å². The first-order valence-electron chi connectivity index (χ1n) is 7.27. The lowest BCUT2D eigenvalue weighted by Gasteiger charge is -2.14. The van der Waals surface area contributed by atoms with Gasteiger partial charge in [-0.2, -0.15) is 0 Å². The minimum absolute atomic E-state index is 0.0275. The number of rotatable bonds is 5. The van der Waals surface area contributed by atoms with Crippen molar-refractivity contribution in [1.82, 2.24) is 5.32 Å². The Hall–Kier alpha value is -2.14. The molecule has 1 aromatic carbocycles. The third-order valence-corrected chi connectivity index (χ3v) is 4.61. The summed E-state index contributed by atoms with van der Waals surface area (Å²) in [6, 6.07) is 11.9. The SMILES string of the molecule is O=C(COC(=O)Cc1cccs1)N[C@@H]1CCc2ccccc21. The second-order valence-corrected chi connectivity index (χ2v) is 6.31. The highest BCUT2D eigenvalue weighted by Crippen LogP contribution is 2.30. The zero-order valence-electron chi connectivity index (χ0n) is 12.1. The predicted octanol–water partition coefficient (Wildman–Crippen LogP) is 2.64. The van der Waals surface area contributed by atoms with Crippen LogP contribution in [-0.4, -0.2) is 18.5 Å². The Morgan fingerprint density at radius 2 is 2.09 bits per heavy atom. The second-order valence-electron chi connectivity index (χ2n) is 5.27. The summed E-state index contributed by atoms with van der Waals surface area (Å²) in [6.07, 6.45) is 2.09. The smallest absolute Gasteiger partial charge is 0.311 e. The lowest BCUT2D eigenvalue weighted by Crippen LogP contribution is -2.31. The fourth-order valence-corrected chi connectivity index (χ4v) is 3.39. The Labute approximate surface area is 133 Å². The van der Waals surface area contributed by atoms with Gasteiger partial charge >= 0.3 is 5.97 Å². The fraction of sp³-hybridized carbons (Fsp3) is 0.294. The molecular formula is C17H17NO3S. The minimum Gasteiger partial charge on any atom is -0.455 e. The number of amides is 1. The summed E-state index contributed by atoms with van der Waals surface area (Å²) in [7, 11) is 0. The van der Waals surface area contributed by atoms with Crippen molar-refractivity contribution in [2.24, 2.45) is 0 Å². The summed E-state index contributed by atoms with van der Waals surface area (Å²) in [6.45, 7) is -0.219. The molecule has 0 fully saturated rings. The number of hydrogen-bond acceptors (Lipinski definition) is 4. The van der Waals surface area contributed by atoms with Gasteiger partial charge in [0.1, 0.15) is 0 Å². The molecule has 1 aliphatic rings. The molecule has 1 aliphatic carbocycles. The normalized spacial score (nSPS) is 16.1. The molecule has 1 atom stereocenters. The van der Waals surface area contributed by atoms with Crippen molar-refractivity contribution in [2.75, 3.05) is 6.61 Å². The molecule has 1 N–H and O–H groups in total. The summed E-state index contributed by atoms with van der Waals surface area (Å²) in [5, 5.41) is 4.85. The molecule has 0 unspecified atom stereocenters. The van der Waals surface area contributed by atoms with E-state index in [4.69, 9.17) is 4.74 Å². The number of hydrogen-bond donors (Lipinski definition) is 1. The van der Waals surface area contributed by atoms with Gasteiger partial charge in [-0.05, 0) is 35.4 Å². The topological polar surface area (TPSA) is 55.4 Å². The molecule has 0 bridgehead atoms. The standard InChI is InChI=1S/C17H17NO3S/c19-16(11-21-17(20)10-13-5-3-9-22-13)18-15-8-7-12-4-1-2-6-14(12)15/h1-6,9,15H,7-8,10-11H2,(H,18,19)/t15-/m1/s1. The van der Waals surface area contributed by atoms with E-state index in [0.717, 1.165) is 17.7 Å². The highest BCUT2D eigenvalue weighted by molar-refractivity contribution is 7.10. The molecule has 114 valence electrons. The third kappa shape index (κ3) is 3.54. The van der Waals surface area contributed by atoms with E-state index in [1.807, 2.05) is 35.7 Å². The average molecular weight is 315 g/mol. The Morgan fingerprint density at radius 3 is 2.91 bits per heavy atom. The number of fused-ring (bicyclic) bond motifs is 1. The van der Waals surface area contributed by atoms with Crippen LogP contribution in [0, 0.1) is 0 Å². The van der Waals surface area contributed by atoms with Gasteiger partial charge in [-0.15, -0.1) is 11.3 Å². The van der Waals surface area contributed by atoms with E-state index < -0.39 is 0 Å². The van der Waals surface area contributed by atoms with Crippen LogP contribution in [0.15, 0.2) is 41.8 Å². The number of benzene rings is 1. The monoisotopic (exact) mass is 315 g/mol. The molecule has 22 heavy (non-hydrogen) atoms. The highest BCUT2D eigenvalue weighted by atomic mass is 32.1. The molecule has 0 spiro atoms. The van der Waals surface area contributed by atoms with Crippen molar-refractivity contribution in [3.63, 3.8) is 0 Å². The molecule has 1 amide bonds. The molecule has 0 radical (unpaired) electrons. The van der Waals surface area contributed by atoms with Crippen molar-refractivity contribution in [3.05, 3.63) is 57.8 Å². The summed E-state index contributed by atoms with van der Waals surface area (Å²) in [4.78, 5) is 24.5. The summed E-state index contributed by atoms with van der Waals surface area (Å²) < 4.78 is 5.03. The van der Waals surface area contributed by atoms with E-state index in [0.29, 0.717) is 0 Å². The molecule has 5 heteroatoms. The Bertz CT molecular complexity index is 666. The maximum Gasteiger partial charge on any atom is 0.311 e. The van der Waals surface area contributed by atoms with Crippen LogP contribution in [0.2, 0.25) is 0 Å². The quantitative estimate of drug-likeness (QED) is 0.863. The van der Waals surface area contributed by atoms with Crippen molar-refractivity contribution in [1.29, 1.82) is 0 Å². The molecule has 0 saturated carbocycles. The van der Waals surface area contributed by atoms with E-state index in [9.17, 15) is 9.59 Å². The van der Waals surface area contributed by atoms with Gasteiger partial charge in [0.2, 0.25) is 0 Å². The van der Waals surface area contributed by atoms with Gasteiger partial charge in [0.05, 0.1) is 12.5 Å². The zero-order chi connectivity index (χ0) is 15.4. The van der Waals surface area contributed by atoms with Crippen LogP contribution >= 0.6 is 11.3 Å². The molecule has 0 saturated heterocycles. The van der Waals surface area contributed by atoms with E-state index >= 15 is 0 Å². The van der Waals surface area contributed by atoms with E-state index in [-0.39, 0.29) is 30.9 Å². The first-order chi connectivity index (χ1) is 10.7. The molecule has 2 aromatic rings. The van der Waals surface area contributed by atoms with Crippen LogP contribution < -0.4 is 5.32 Å².